The van der Waals surface area contributed by atoms with Crippen LogP contribution < -0.4 is 4.72 Å². The number of rotatable bonds is 7. The lowest BCUT2D eigenvalue weighted by Crippen LogP contribution is -2.47. The largest absolute Gasteiger partial charge is 0.212 e. The van der Waals surface area contributed by atoms with Gasteiger partial charge in [0.15, 0.2) is 0 Å². The summed E-state index contributed by atoms with van der Waals surface area (Å²) in [6.07, 6.45) is 1.61. The first kappa shape index (κ1) is 15.4. The fraction of sp³-hybridized carbons (Fsp3) is 1.00. The molecule has 1 atom stereocenters. The molecule has 92 valence electrons. The molecule has 0 aliphatic heterocycles. The van der Waals surface area contributed by atoms with E-state index in [0.717, 1.165) is 18.2 Å². The molecule has 0 spiro atoms. The topological polar surface area (TPSA) is 46.2 Å². The lowest BCUT2D eigenvalue weighted by molar-refractivity contribution is 0.391. The highest BCUT2D eigenvalue weighted by Gasteiger charge is 2.27. The van der Waals surface area contributed by atoms with Crippen molar-refractivity contribution in [1.82, 2.24) is 4.72 Å². The van der Waals surface area contributed by atoms with Crippen LogP contribution in [0, 0.1) is 5.92 Å². The maximum atomic E-state index is 11.8. The van der Waals surface area contributed by atoms with E-state index in [1.807, 2.05) is 27.7 Å². The molecule has 0 aromatic heterocycles. The maximum Gasteiger partial charge on any atom is 0.212 e. The molecule has 0 aromatic rings. The van der Waals surface area contributed by atoms with E-state index in [9.17, 15) is 8.42 Å². The van der Waals surface area contributed by atoms with Gasteiger partial charge in [-0.1, -0.05) is 36.7 Å². The number of sulfonamides is 1. The van der Waals surface area contributed by atoms with Crippen molar-refractivity contribution >= 4 is 26.0 Å². The second kappa shape index (κ2) is 6.21. The summed E-state index contributed by atoms with van der Waals surface area (Å²) in [6.45, 7) is 7.77. The molecule has 0 radical (unpaired) electrons. The molecule has 0 amide bonds. The number of hydrogen-bond acceptors (Lipinski definition) is 2. The van der Waals surface area contributed by atoms with Gasteiger partial charge in [0.05, 0.1) is 5.75 Å². The van der Waals surface area contributed by atoms with Gasteiger partial charge in [-0.3, -0.25) is 0 Å². The van der Waals surface area contributed by atoms with Crippen LogP contribution in [-0.4, -0.2) is 25.0 Å². The van der Waals surface area contributed by atoms with E-state index in [-0.39, 0.29) is 17.2 Å². The summed E-state index contributed by atoms with van der Waals surface area (Å²) in [4.78, 5) is 0. The zero-order chi connectivity index (χ0) is 12.1. The van der Waals surface area contributed by atoms with Crippen LogP contribution in [0.5, 0.6) is 0 Å². The third kappa shape index (κ3) is 6.53. The molecule has 1 unspecified atom stereocenters. The van der Waals surface area contributed by atoms with Crippen LogP contribution >= 0.6 is 15.9 Å². The monoisotopic (exact) mass is 299 g/mol. The van der Waals surface area contributed by atoms with E-state index in [0.29, 0.717) is 0 Å². The van der Waals surface area contributed by atoms with E-state index in [1.165, 1.54) is 0 Å². The molecule has 0 saturated heterocycles. The van der Waals surface area contributed by atoms with Crippen LogP contribution in [0.2, 0.25) is 0 Å². The van der Waals surface area contributed by atoms with Crippen molar-refractivity contribution in [3.8, 4) is 0 Å². The molecule has 0 fully saturated rings. The predicted molar refractivity (Wildman–Crippen MR) is 68.9 cm³/mol. The second-order valence-electron chi connectivity index (χ2n) is 4.63. The van der Waals surface area contributed by atoms with Crippen LogP contribution in [0.1, 0.15) is 40.5 Å². The SMILES string of the molecule is CCC(C)(CCBr)NS(=O)(=O)CC(C)C. The molecular weight excluding hydrogens is 278 g/mol. The summed E-state index contributed by atoms with van der Waals surface area (Å²) < 4.78 is 26.3. The standard InChI is InChI=1S/C10H22BrNO2S/c1-5-10(4,6-7-11)12-15(13,14)8-9(2)3/h9,12H,5-8H2,1-4H3. The van der Waals surface area contributed by atoms with Crippen molar-refractivity contribution in [3.63, 3.8) is 0 Å². The average Bonchev–Trinajstić information content (AvgIpc) is 2.00. The molecule has 15 heavy (non-hydrogen) atoms. The Kier molecular flexibility index (Phi) is 6.37. The maximum absolute atomic E-state index is 11.8. The molecule has 0 bridgehead atoms. The van der Waals surface area contributed by atoms with Gasteiger partial charge in [-0.25, -0.2) is 13.1 Å². The molecule has 0 aliphatic rings. The van der Waals surface area contributed by atoms with Crippen molar-refractivity contribution in [2.24, 2.45) is 5.92 Å². The minimum absolute atomic E-state index is 0.160. The van der Waals surface area contributed by atoms with Crippen LogP contribution in [0.4, 0.5) is 0 Å². The minimum atomic E-state index is -3.14. The first-order chi connectivity index (χ1) is 6.74. The number of halogens is 1. The van der Waals surface area contributed by atoms with E-state index in [1.54, 1.807) is 0 Å². The number of nitrogens with one attached hydrogen (secondary N) is 1. The molecule has 0 aromatic carbocycles. The molecular formula is C10H22BrNO2S. The van der Waals surface area contributed by atoms with Crippen LogP contribution in [-0.2, 0) is 10.0 Å². The molecule has 1 N–H and O–H groups in total. The van der Waals surface area contributed by atoms with Gasteiger partial charge in [0.25, 0.3) is 0 Å². The first-order valence-electron chi connectivity index (χ1n) is 5.32. The van der Waals surface area contributed by atoms with Gasteiger partial charge in [0.2, 0.25) is 10.0 Å². The summed E-state index contributed by atoms with van der Waals surface area (Å²) in [7, 11) is -3.14. The lowest BCUT2D eigenvalue weighted by atomic mass is 9.98. The van der Waals surface area contributed by atoms with E-state index >= 15 is 0 Å². The van der Waals surface area contributed by atoms with E-state index < -0.39 is 10.0 Å². The minimum Gasteiger partial charge on any atom is -0.212 e. The Bertz CT molecular complexity index is 277. The molecule has 0 heterocycles. The highest BCUT2D eigenvalue weighted by Crippen LogP contribution is 2.17. The third-order valence-electron chi connectivity index (χ3n) is 2.38. The normalized spacial score (nSPS) is 16.7. The smallest absolute Gasteiger partial charge is 0.212 e. The second-order valence-corrected chi connectivity index (χ2v) is 7.19. The molecule has 0 rings (SSSR count). The van der Waals surface area contributed by atoms with E-state index in [2.05, 4.69) is 20.7 Å². The number of hydrogen-bond donors (Lipinski definition) is 1. The average molecular weight is 300 g/mol. The van der Waals surface area contributed by atoms with Gasteiger partial charge < -0.3 is 0 Å². The summed E-state index contributed by atoms with van der Waals surface area (Å²) in [5.41, 5.74) is -0.322. The van der Waals surface area contributed by atoms with Gasteiger partial charge >= 0.3 is 0 Å². The Labute approximate surface area is 102 Å². The van der Waals surface area contributed by atoms with Gasteiger partial charge in [-0.2, -0.15) is 0 Å². The summed E-state index contributed by atoms with van der Waals surface area (Å²) in [5.74, 6) is 0.359. The number of alkyl halides is 1. The van der Waals surface area contributed by atoms with Gasteiger partial charge in [0, 0.05) is 10.9 Å². The van der Waals surface area contributed by atoms with Crippen molar-refractivity contribution in [2.45, 2.75) is 46.1 Å². The molecule has 0 aliphatic carbocycles. The molecule has 3 nitrogen and oxygen atoms in total. The lowest BCUT2D eigenvalue weighted by Gasteiger charge is -2.29. The van der Waals surface area contributed by atoms with Crippen LogP contribution in [0.15, 0.2) is 0 Å². The highest BCUT2D eigenvalue weighted by molar-refractivity contribution is 9.09. The van der Waals surface area contributed by atoms with Gasteiger partial charge in [0.1, 0.15) is 0 Å². The predicted octanol–water partition coefficient (Wildman–Crippen LogP) is 2.52. The van der Waals surface area contributed by atoms with Crippen LogP contribution in [0.3, 0.4) is 0 Å². The van der Waals surface area contributed by atoms with Gasteiger partial charge in [-0.15, -0.1) is 0 Å². The quantitative estimate of drug-likeness (QED) is 0.734. The summed E-state index contributed by atoms with van der Waals surface area (Å²) in [5, 5.41) is 0.807. The van der Waals surface area contributed by atoms with Crippen LogP contribution in [0.25, 0.3) is 0 Å². The van der Waals surface area contributed by atoms with Gasteiger partial charge in [-0.05, 0) is 25.7 Å². The summed E-state index contributed by atoms with van der Waals surface area (Å²) in [6, 6.07) is 0. The third-order valence-corrected chi connectivity index (χ3v) is 4.69. The zero-order valence-corrected chi connectivity index (χ0v) is 12.4. The van der Waals surface area contributed by atoms with Crippen molar-refractivity contribution in [1.29, 1.82) is 0 Å². The fourth-order valence-corrected chi connectivity index (χ4v) is 4.20. The van der Waals surface area contributed by atoms with E-state index in [4.69, 9.17) is 0 Å². The Morgan fingerprint density at radius 1 is 1.40 bits per heavy atom. The highest BCUT2D eigenvalue weighted by atomic mass is 79.9. The van der Waals surface area contributed by atoms with Crippen molar-refractivity contribution in [3.05, 3.63) is 0 Å². The Morgan fingerprint density at radius 3 is 2.27 bits per heavy atom. The Morgan fingerprint density at radius 2 is 1.93 bits per heavy atom. The first-order valence-corrected chi connectivity index (χ1v) is 8.09. The zero-order valence-electron chi connectivity index (χ0n) is 10.0. The molecule has 0 saturated carbocycles. The summed E-state index contributed by atoms with van der Waals surface area (Å²) >= 11 is 3.35. The van der Waals surface area contributed by atoms with Crippen molar-refractivity contribution in [2.75, 3.05) is 11.1 Å². The fourth-order valence-electron chi connectivity index (χ4n) is 1.36. The Hall–Kier alpha value is 0.390. The Balaban J connectivity index is 4.53. The van der Waals surface area contributed by atoms with Crippen molar-refractivity contribution < 1.29 is 8.42 Å². The molecule has 5 heteroatoms.